The molecule has 0 unspecified atom stereocenters. The SMILES string of the molecule is Cc1c(Cl)nc(C(C)(C)C)nc1N(C)CCO. The molecule has 0 saturated heterocycles. The van der Waals surface area contributed by atoms with E-state index in [0.29, 0.717) is 17.5 Å². The molecular weight excluding hydrogens is 238 g/mol. The Morgan fingerprint density at radius 1 is 1.29 bits per heavy atom. The smallest absolute Gasteiger partial charge is 0.137 e. The van der Waals surface area contributed by atoms with Crippen LogP contribution in [0, 0.1) is 6.92 Å². The number of nitrogens with zero attached hydrogens (tertiary/aromatic N) is 3. The molecule has 1 aromatic heterocycles. The fourth-order valence-corrected chi connectivity index (χ4v) is 1.61. The summed E-state index contributed by atoms with van der Waals surface area (Å²) in [5.41, 5.74) is 0.696. The first kappa shape index (κ1) is 14.2. The summed E-state index contributed by atoms with van der Waals surface area (Å²) < 4.78 is 0. The number of aliphatic hydroxyl groups is 1. The lowest BCUT2D eigenvalue weighted by Crippen LogP contribution is -2.26. The van der Waals surface area contributed by atoms with Crippen LogP contribution >= 0.6 is 11.6 Å². The molecule has 17 heavy (non-hydrogen) atoms. The van der Waals surface area contributed by atoms with Gasteiger partial charge in [0, 0.05) is 24.6 Å². The molecule has 1 rings (SSSR count). The van der Waals surface area contributed by atoms with Crippen molar-refractivity contribution in [1.82, 2.24) is 9.97 Å². The van der Waals surface area contributed by atoms with Gasteiger partial charge in [0.2, 0.25) is 0 Å². The highest BCUT2D eigenvalue weighted by atomic mass is 35.5. The maximum Gasteiger partial charge on any atom is 0.137 e. The lowest BCUT2D eigenvalue weighted by atomic mass is 9.95. The number of aromatic nitrogens is 2. The van der Waals surface area contributed by atoms with E-state index < -0.39 is 0 Å². The standard InChI is InChI=1S/C12H20ClN3O/c1-8-9(13)14-11(12(2,3)4)15-10(8)16(5)6-7-17/h17H,6-7H2,1-5H3. The van der Waals surface area contributed by atoms with Crippen LogP contribution in [0.25, 0.3) is 0 Å². The van der Waals surface area contributed by atoms with E-state index in [4.69, 9.17) is 16.7 Å². The number of anilines is 1. The summed E-state index contributed by atoms with van der Waals surface area (Å²) >= 11 is 6.13. The van der Waals surface area contributed by atoms with Crippen LogP contribution < -0.4 is 4.90 Å². The summed E-state index contributed by atoms with van der Waals surface area (Å²) in [5, 5.41) is 9.45. The van der Waals surface area contributed by atoms with Crippen LogP contribution in [0.3, 0.4) is 0 Å². The van der Waals surface area contributed by atoms with E-state index in [1.54, 1.807) is 0 Å². The van der Waals surface area contributed by atoms with Crippen molar-refractivity contribution >= 4 is 17.4 Å². The summed E-state index contributed by atoms with van der Waals surface area (Å²) in [7, 11) is 1.88. The second-order valence-corrected chi connectivity index (χ2v) is 5.54. The third kappa shape index (κ3) is 3.30. The minimum atomic E-state index is -0.147. The Hall–Kier alpha value is -0.870. The molecule has 0 aromatic carbocycles. The van der Waals surface area contributed by atoms with Crippen molar-refractivity contribution in [2.75, 3.05) is 25.1 Å². The maximum atomic E-state index is 8.97. The summed E-state index contributed by atoms with van der Waals surface area (Å²) in [6.07, 6.45) is 0. The second kappa shape index (κ2) is 5.19. The predicted molar refractivity (Wildman–Crippen MR) is 70.8 cm³/mol. The Labute approximate surface area is 108 Å². The number of aliphatic hydroxyl groups excluding tert-OH is 1. The van der Waals surface area contributed by atoms with Crippen LogP contribution in [0.1, 0.15) is 32.2 Å². The average Bonchev–Trinajstić information content (AvgIpc) is 2.20. The van der Waals surface area contributed by atoms with Gasteiger partial charge in [0.1, 0.15) is 16.8 Å². The van der Waals surface area contributed by atoms with Crippen molar-refractivity contribution in [3.05, 3.63) is 16.5 Å². The van der Waals surface area contributed by atoms with Gasteiger partial charge in [0.15, 0.2) is 0 Å². The molecular formula is C12H20ClN3O. The van der Waals surface area contributed by atoms with Gasteiger partial charge in [-0.3, -0.25) is 0 Å². The van der Waals surface area contributed by atoms with E-state index in [-0.39, 0.29) is 12.0 Å². The van der Waals surface area contributed by atoms with Crippen LogP contribution in [0.2, 0.25) is 5.15 Å². The van der Waals surface area contributed by atoms with Gasteiger partial charge in [0.05, 0.1) is 6.61 Å². The molecule has 0 spiro atoms. The zero-order valence-electron chi connectivity index (χ0n) is 11.1. The van der Waals surface area contributed by atoms with E-state index in [9.17, 15) is 0 Å². The van der Waals surface area contributed by atoms with Gasteiger partial charge in [-0.05, 0) is 6.92 Å². The highest BCUT2D eigenvalue weighted by Gasteiger charge is 2.21. The van der Waals surface area contributed by atoms with E-state index in [2.05, 4.69) is 9.97 Å². The quantitative estimate of drug-likeness (QED) is 0.844. The molecule has 0 fully saturated rings. The zero-order valence-corrected chi connectivity index (χ0v) is 11.8. The van der Waals surface area contributed by atoms with Crippen molar-refractivity contribution in [2.24, 2.45) is 0 Å². The molecule has 0 bridgehead atoms. The first-order valence-corrected chi connectivity index (χ1v) is 6.01. The normalized spacial score (nSPS) is 11.7. The summed E-state index contributed by atoms with van der Waals surface area (Å²) in [5.74, 6) is 1.50. The Kier molecular flexibility index (Phi) is 4.33. The number of hydrogen-bond donors (Lipinski definition) is 1. The molecule has 0 amide bonds. The van der Waals surface area contributed by atoms with Gasteiger partial charge in [-0.2, -0.15) is 0 Å². The third-order valence-corrected chi connectivity index (χ3v) is 2.90. The average molecular weight is 258 g/mol. The third-order valence-electron chi connectivity index (χ3n) is 2.53. The van der Waals surface area contributed by atoms with Crippen LogP contribution in [-0.2, 0) is 5.41 Å². The van der Waals surface area contributed by atoms with Gasteiger partial charge in [-0.25, -0.2) is 9.97 Å². The molecule has 1 aromatic rings. The van der Waals surface area contributed by atoms with Crippen LogP contribution in [0.4, 0.5) is 5.82 Å². The lowest BCUT2D eigenvalue weighted by Gasteiger charge is -2.23. The molecule has 0 aliphatic carbocycles. The molecule has 1 heterocycles. The lowest BCUT2D eigenvalue weighted by molar-refractivity contribution is 0.303. The Morgan fingerprint density at radius 2 is 1.88 bits per heavy atom. The molecule has 96 valence electrons. The van der Waals surface area contributed by atoms with E-state index >= 15 is 0 Å². The van der Waals surface area contributed by atoms with E-state index in [1.807, 2.05) is 39.6 Å². The first-order valence-electron chi connectivity index (χ1n) is 5.64. The van der Waals surface area contributed by atoms with Crippen LogP contribution in [0.15, 0.2) is 0 Å². The van der Waals surface area contributed by atoms with E-state index in [0.717, 1.165) is 11.4 Å². The maximum absolute atomic E-state index is 8.97. The minimum Gasteiger partial charge on any atom is -0.395 e. The monoisotopic (exact) mass is 257 g/mol. The van der Waals surface area contributed by atoms with Crippen molar-refractivity contribution in [3.63, 3.8) is 0 Å². The van der Waals surface area contributed by atoms with Crippen LogP contribution in [0.5, 0.6) is 0 Å². The summed E-state index contributed by atoms with van der Waals surface area (Å²) in [4.78, 5) is 10.7. The second-order valence-electron chi connectivity index (χ2n) is 5.18. The fourth-order valence-electron chi connectivity index (χ4n) is 1.44. The number of hydrogen-bond acceptors (Lipinski definition) is 4. The summed E-state index contributed by atoms with van der Waals surface area (Å²) in [6.45, 7) is 8.63. The van der Waals surface area contributed by atoms with Gasteiger partial charge < -0.3 is 10.0 Å². The Bertz CT molecular complexity index is 401. The minimum absolute atomic E-state index is 0.0857. The van der Waals surface area contributed by atoms with Crippen LogP contribution in [-0.4, -0.2) is 35.3 Å². The number of rotatable bonds is 3. The molecule has 0 aliphatic rings. The first-order chi connectivity index (χ1) is 7.77. The molecule has 0 aliphatic heterocycles. The Balaban J connectivity index is 3.25. The van der Waals surface area contributed by atoms with Crippen molar-refractivity contribution in [1.29, 1.82) is 0 Å². The summed E-state index contributed by atoms with van der Waals surface area (Å²) in [6, 6.07) is 0. The predicted octanol–water partition coefficient (Wildman–Crippen LogP) is 2.16. The molecule has 5 heteroatoms. The fraction of sp³-hybridized carbons (Fsp3) is 0.667. The van der Waals surface area contributed by atoms with Gasteiger partial charge >= 0.3 is 0 Å². The molecule has 1 N–H and O–H groups in total. The van der Waals surface area contributed by atoms with Crippen molar-refractivity contribution in [3.8, 4) is 0 Å². The topological polar surface area (TPSA) is 49.2 Å². The van der Waals surface area contributed by atoms with Crippen molar-refractivity contribution < 1.29 is 5.11 Å². The molecule has 4 nitrogen and oxygen atoms in total. The largest absolute Gasteiger partial charge is 0.395 e. The Morgan fingerprint density at radius 3 is 2.35 bits per heavy atom. The molecule has 0 atom stereocenters. The zero-order chi connectivity index (χ0) is 13.2. The van der Waals surface area contributed by atoms with E-state index in [1.165, 1.54) is 0 Å². The van der Waals surface area contributed by atoms with Gasteiger partial charge in [-0.1, -0.05) is 32.4 Å². The molecule has 0 radical (unpaired) electrons. The van der Waals surface area contributed by atoms with Crippen molar-refractivity contribution in [2.45, 2.75) is 33.1 Å². The number of halogens is 1. The highest BCUT2D eigenvalue weighted by molar-refractivity contribution is 6.30. The molecule has 0 saturated carbocycles. The number of likely N-dealkylation sites (N-methyl/N-ethyl adjacent to an activating group) is 1. The highest BCUT2D eigenvalue weighted by Crippen LogP contribution is 2.27. The van der Waals surface area contributed by atoms with Gasteiger partial charge in [0.25, 0.3) is 0 Å². The van der Waals surface area contributed by atoms with Gasteiger partial charge in [-0.15, -0.1) is 0 Å².